The van der Waals surface area contributed by atoms with Crippen LogP contribution < -0.4 is 10.6 Å². The van der Waals surface area contributed by atoms with E-state index in [-0.39, 0.29) is 26.8 Å². The monoisotopic (exact) mass is 537 g/mol. The molecule has 0 saturated carbocycles. The molecule has 0 aliphatic carbocycles. The van der Waals surface area contributed by atoms with Crippen molar-refractivity contribution in [2.75, 3.05) is 10.6 Å². The maximum absolute atomic E-state index is 13.1. The minimum atomic E-state index is -4.79. The lowest BCUT2D eigenvalue weighted by atomic mass is 10.1. The Morgan fingerprint density at radius 2 is 1.84 bits per heavy atom. The number of carbonyl (C=O) groups is 2. The van der Waals surface area contributed by atoms with Gasteiger partial charge < -0.3 is 10.4 Å². The fourth-order valence-corrected chi connectivity index (χ4v) is 3.34. The highest BCUT2D eigenvalue weighted by Gasteiger charge is 2.33. The Balaban J connectivity index is 2.05. The third kappa shape index (κ3) is 5.09. The Hall–Kier alpha value is -2.83. The van der Waals surface area contributed by atoms with Gasteiger partial charge in [-0.3, -0.25) is 10.1 Å². The maximum atomic E-state index is 13.1. The van der Waals surface area contributed by atoms with Crippen LogP contribution >= 0.6 is 39.1 Å². The SMILES string of the molecule is O=C(O)Nc1cc(C(F)(F)F)cc(Cl)c1NC(=O)c1cc(Br)nn1-c1ncccc1Cl. The van der Waals surface area contributed by atoms with Crippen LogP contribution in [0.2, 0.25) is 10.0 Å². The maximum Gasteiger partial charge on any atom is 0.416 e. The Morgan fingerprint density at radius 1 is 1.13 bits per heavy atom. The first kappa shape index (κ1) is 22.8. The van der Waals surface area contributed by atoms with Crippen molar-refractivity contribution in [1.82, 2.24) is 14.8 Å². The van der Waals surface area contributed by atoms with Crippen molar-refractivity contribution < 1.29 is 27.9 Å². The highest BCUT2D eigenvalue weighted by Crippen LogP contribution is 2.39. The van der Waals surface area contributed by atoms with Gasteiger partial charge in [-0.2, -0.15) is 18.3 Å². The lowest BCUT2D eigenvalue weighted by Crippen LogP contribution is -2.20. The van der Waals surface area contributed by atoms with Crippen molar-refractivity contribution in [2.24, 2.45) is 0 Å². The van der Waals surface area contributed by atoms with Gasteiger partial charge in [-0.15, -0.1) is 0 Å². The second-order valence-corrected chi connectivity index (χ2v) is 7.46. The van der Waals surface area contributed by atoms with E-state index in [0.717, 1.165) is 4.68 Å². The molecule has 8 nitrogen and oxygen atoms in total. The van der Waals surface area contributed by atoms with Crippen LogP contribution in [0.1, 0.15) is 16.1 Å². The van der Waals surface area contributed by atoms with Gasteiger partial charge in [-0.1, -0.05) is 23.2 Å². The summed E-state index contributed by atoms with van der Waals surface area (Å²) in [5.74, 6) is -0.752. The molecule has 2 amide bonds. The number of carboxylic acid groups (broad SMARTS) is 1. The number of amides is 2. The van der Waals surface area contributed by atoms with E-state index in [1.54, 1.807) is 11.4 Å². The third-order valence-corrected chi connectivity index (χ3v) is 4.73. The smallest absolute Gasteiger partial charge is 0.416 e. The van der Waals surface area contributed by atoms with Crippen molar-refractivity contribution >= 4 is 62.5 Å². The Bertz CT molecular complexity index is 1190. The molecule has 0 aliphatic heterocycles. The summed E-state index contributed by atoms with van der Waals surface area (Å²) in [4.78, 5) is 28.0. The van der Waals surface area contributed by atoms with Gasteiger partial charge in [0.1, 0.15) is 10.3 Å². The molecular weight excluding hydrogens is 530 g/mol. The summed E-state index contributed by atoms with van der Waals surface area (Å²) < 4.78 is 40.5. The number of hydrogen-bond donors (Lipinski definition) is 3. The Kier molecular flexibility index (Phi) is 6.43. The van der Waals surface area contributed by atoms with Crippen LogP contribution in [0, 0.1) is 0 Å². The number of anilines is 2. The number of carbonyl (C=O) groups excluding carboxylic acids is 1. The molecule has 3 aromatic rings. The Morgan fingerprint density at radius 3 is 2.45 bits per heavy atom. The van der Waals surface area contributed by atoms with E-state index in [1.807, 2.05) is 0 Å². The summed E-state index contributed by atoms with van der Waals surface area (Å²) in [7, 11) is 0. The number of aromatic nitrogens is 3. The van der Waals surface area contributed by atoms with E-state index in [0.29, 0.717) is 12.1 Å². The van der Waals surface area contributed by atoms with Crippen LogP contribution in [0.3, 0.4) is 0 Å². The van der Waals surface area contributed by atoms with Crippen molar-refractivity contribution in [2.45, 2.75) is 6.18 Å². The summed E-state index contributed by atoms with van der Waals surface area (Å²) in [6, 6.07) is 5.47. The highest BCUT2D eigenvalue weighted by molar-refractivity contribution is 9.10. The molecular formula is C17H9BrCl2F3N5O3. The number of hydrogen-bond acceptors (Lipinski definition) is 4. The molecule has 0 atom stereocenters. The van der Waals surface area contributed by atoms with E-state index in [1.165, 1.54) is 18.3 Å². The molecule has 0 bridgehead atoms. The molecule has 0 unspecified atom stereocenters. The van der Waals surface area contributed by atoms with Crippen LogP contribution in [0.5, 0.6) is 0 Å². The van der Waals surface area contributed by atoms with Gasteiger partial charge in [0.25, 0.3) is 5.91 Å². The minimum absolute atomic E-state index is 0.107. The fraction of sp³-hybridized carbons (Fsp3) is 0.0588. The number of benzene rings is 1. The topological polar surface area (TPSA) is 109 Å². The van der Waals surface area contributed by atoms with Crippen LogP contribution in [0.15, 0.2) is 41.1 Å². The zero-order valence-electron chi connectivity index (χ0n) is 14.8. The van der Waals surface area contributed by atoms with Gasteiger partial charge in [0.15, 0.2) is 5.82 Å². The normalized spacial score (nSPS) is 11.3. The summed E-state index contributed by atoms with van der Waals surface area (Å²) in [5.41, 5.74) is -2.25. The van der Waals surface area contributed by atoms with Gasteiger partial charge in [0, 0.05) is 12.3 Å². The standard InChI is InChI=1S/C17H9BrCl2F3N5O3/c18-12-6-11(28(27-12)14-8(19)2-1-3-24-14)15(29)26-13-9(20)4-7(17(21,22)23)5-10(13)25-16(30)31/h1-6,25H,(H,26,29)(H,30,31). The molecule has 31 heavy (non-hydrogen) atoms. The number of halogens is 6. The quantitative estimate of drug-likeness (QED) is 0.395. The second-order valence-electron chi connectivity index (χ2n) is 5.84. The third-order valence-electron chi connectivity index (χ3n) is 3.75. The van der Waals surface area contributed by atoms with Crippen molar-refractivity contribution in [3.63, 3.8) is 0 Å². The van der Waals surface area contributed by atoms with Gasteiger partial charge in [-0.05, 0) is 40.2 Å². The average molecular weight is 539 g/mol. The largest absolute Gasteiger partial charge is 0.465 e. The highest BCUT2D eigenvalue weighted by atomic mass is 79.9. The van der Waals surface area contributed by atoms with Crippen LogP contribution in [0.4, 0.5) is 29.3 Å². The van der Waals surface area contributed by atoms with Gasteiger partial charge >= 0.3 is 12.3 Å². The van der Waals surface area contributed by atoms with E-state index in [2.05, 4.69) is 31.3 Å². The average Bonchev–Trinajstić information content (AvgIpc) is 3.05. The molecule has 3 N–H and O–H groups in total. The number of nitrogens with one attached hydrogen (secondary N) is 2. The van der Waals surface area contributed by atoms with Crippen molar-refractivity contribution in [3.8, 4) is 5.82 Å². The predicted octanol–water partition coefficient (Wildman–Crippen LogP) is 5.70. The van der Waals surface area contributed by atoms with Gasteiger partial charge in [0.2, 0.25) is 0 Å². The molecule has 0 spiro atoms. The van der Waals surface area contributed by atoms with Crippen molar-refractivity contribution in [1.29, 1.82) is 0 Å². The number of alkyl halides is 3. The first-order chi connectivity index (χ1) is 14.5. The molecule has 1 aromatic carbocycles. The fourth-order valence-electron chi connectivity index (χ4n) is 2.50. The van der Waals surface area contributed by atoms with Gasteiger partial charge in [-0.25, -0.2) is 14.5 Å². The number of nitrogens with zero attached hydrogens (tertiary/aromatic N) is 3. The molecule has 0 radical (unpaired) electrons. The summed E-state index contributed by atoms with van der Waals surface area (Å²) in [5, 5.41) is 16.8. The molecule has 0 saturated heterocycles. The molecule has 2 aromatic heterocycles. The van der Waals surface area contributed by atoms with Crippen LogP contribution in [-0.2, 0) is 6.18 Å². The molecule has 2 heterocycles. The molecule has 3 rings (SSSR count). The summed E-state index contributed by atoms with van der Waals surface area (Å²) >= 11 is 15.2. The van der Waals surface area contributed by atoms with E-state index in [9.17, 15) is 22.8 Å². The zero-order valence-corrected chi connectivity index (χ0v) is 17.9. The van der Waals surface area contributed by atoms with Crippen molar-refractivity contribution in [3.05, 3.63) is 62.4 Å². The first-order valence-corrected chi connectivity index (χ1v) is 9.60. The van der Waals surface area contributed by atoms with E-state index in [4.69, 9.17) is 28.3 Å². The number of rotatable bonds is 4. The van der Waals surface area contributed by atoms with Crippen LogP contribution in [-0.4, -0.2) is 31.9 Å². The van der Waals surface area contributed by atoms with E-state index < -0.39 is 34.5 Å². The lowest BCUT2D eigenvalue weighted by molar-refractivity contribution is -0.137. The first-order valence-electron chi connectivity index (χ1n) is 8.06. The van der Waals surface area contributed by atoms with E-state index >= 15 is 0 Å². The predicted molar refractivity (Wildman–Crippen MR) is 110 cm³/mol. The molecule has 162 valence electrons. The number of pyridine rings is 1. The molecule has 0 aliphatic rings. The minimum Gasteiger partial charge on any atom is -0.465 e. The molecule has 0 fully saturated rings. The summed E-state index contributed by atoms with van der Waals surface area (Å²) in [6.07, 6.45) is -5.03. The lowest BCUT2D eigenvalue weighted by Gasteiger charge is -2.16. The summed E-state index contributed by atoms with van der Waals surface area (Å²) in [6.45, 7) is 0. The van der Waals surface area contributed by atoms with Crippen LogP contribution in [0.25, 0.3) is 5.82 Å². The molecule has 14 heteroatoms. The Labute approximate surface area is 190 Å². The second kappa shape index (κ2) is 8.73. The van der Waals surface area contributed by atoms with Gasteiger partial charge in [0.05, 0.1) is 27.0 Å². The zero-order chi connectivity index (χ0) is 22.9.